The predicted molar refractivity (Wildman–Crippen MR) is 64.7 cm³/mol. The van der Waals surface area contributed by atoms with Gasteiger partial charge in [-0.2, -0.15) is 0 Å². The van der Waals surface area contributed by atoms with Gasteiger partial charge in [-0.15, -0.1) is 11.3 Å². The molecule has 1 N–H and O–H groups in total. The predicted octanol–water partition coefficient (Wildman–Crippen LogP) is 2.69. The first kappa shape index (κ1) is 10.3. The van der Waals surface area contributed by atoms with Crippen LogP contribution in [0.1, 0.15) is 16.6 Å². The Morgan fingerprint density at radius 1 is 1.40 bits per heavy atom. The van der Waals surface area contributed by atoms with Gasteiger partial charge in [0, 0.05) is 4.70 Å². The van der Waals surface area contributed by atoms with Crippen molar-refractivity contribution in [3.63, 3.8) is 0 Å². The number of carbonyl (C=O) groups is 1. The van der Waals surface area contributed by atoms with Gasteiger partial charge in [0.25, 0.3) is 0 Å². The van der Waals surface area contributed by atoms with Crippen LogP contribution in [0.25, 0.3) is 10.1 Å². The van der Waals surface area contributed by atoms with Gasteiger partial charge < -0.3 is 5.32 Å². The molecule has 2 rings (SSSR count). The molecular formula is C12H13NOS. The molecule has 1 atom stereocenters. The normalized spacial score (nSPS) is 12.9. The van der Waals surface area contributed by atoms with Gasteiger partial charge in [-0.1, -0.05) is 18.2 Å². The zero-order valence-corrected chi connectivity index (χ0v) is 9.60. The number of benzene rings is 1. The summed E-state index contributed by atoms with van der Waals surface area (Å²) in [6.45, 7) is 1.88. The van der Waals surface area contributed by atoms with Crippen molar-refractivity contribution < 1.29 is 4.79 Å². The second-order valence-corrected chi connectivity index (χ2v) is 4.61. The lowest BCUT2D eigenvalue weighted by Crippen LogP contribution is -2.30. The standard InChI is InChI=1S/C12H13NOS/c1-8(13-2)12(14)11-7-9-5-3-4-6-10(9)15-11/h3-8,13H,1-2H3. The lowest BCUT2D eigenvalue weighted by molar-refractivity contribution is 0.0959. The van der Waals surface area contributed by atoms with Gasteiger partial charge in [0.05, 0.1) is 10.9 Å². The van der Waals surface area contributed by atoms with Crippen LogP contribution in [0, 0.1) is 0 Å². The first-order valence-electron chi connectivity index (χ1n) is 4.92. The number of Topliss-reactive ketones (excluding diaryl/α,β-unsaturated/α-hetero) is 1. The molecule has 0 radical (unpaired) electrons. The summed E-state index contributed by atoms with van der Waals surface area (Å²) in [4.78, 5) is 12.7. The van der Waals surface area contributed by atoms with Crippen LogP contribution in [-0.2, 0) is 0 Å². The molecule has 0 spiro atoms. The third kappa shape index (κ3) is 1.94. The van der Waals surface area contributed by atoms with Crippen molar-refractivity contribution in [2.24, 2.45) is 0 Å². The zero-order chi connectivity index (χ0) is 10.8. The molecule has 1 aromatic heterocycles. The van der Waals surface area contributed by atoms with Crippen LogP contribution < -0.4 is 5.32 Å². The topological polar surface area (TPSA) is 29.1 Å². The molecule has 1 aromatic carbocycles. The van der Waals surface area contributed by atoms with E-state index in [1.807, 2.05) is 37.3 Å². The molecule has 0 aliphatic rings. The van der Waals surface area contributed by atoms with E-state index < -0.39 is 0 Å². The monoisotopic (exact) mass is 219 g/mol. The Kier molecular flexibility index (Phi) is 2.84. The molecule has 0 saturated heterocycles. The van der Waals surface area contributed by atoms with E-state index in [9.17, 15) is 4.79 Å². The van der Waals surface area contributed by atoms with Gasteiger partial charge in [-0.25, -0.2) is 0 Å². The van der Waals surface area contributed by atoms with Crippen LogP contribution in [0.15, 0.2) is 30.3 Å². The molecule has 1 heterocycles. The maximum atomic E-state index is 11.9. The van der Waals surface area contributed by atoms with Crippen LogP contribution in [0.4, 0.5) is 0 Å². The number of fused-ring (bicyclic) bond motifs is 1. The molecule has 0 fully saturated rings. The minimum Gasteiger partial charge on any atom is -0.310 e. The molecule has 3 heteroatoms. The Morgan fingerprint density at radius 3 is 2.80 bits per heavy atom. The average Bonchev–Trinajstić information content (AvgIpc) is 2.70. The molecule has 0 aliphatic heterocycles. The van der Waals surface area contributed by atoms with Gasteiger partial charge in [0.1, 0.15) is 0 Å². The van der Waals surface area contributed by atoms with Crippen LogP contribution >= 0.6 is 11.3 Å². The lowest BCUT2D eigenvalue weighted by Gasteiger charge is -2.05. The summed E-state index contributed by atoms with van der Waals surface area (Å²) in [7, 11) is 1.80. The number of ketones is 1. The summed E-state index contributed by atoms with van der Waals surface area (Å²) < 4.78 is 1.17. The second-order valence-electron chi connectivity index (χ2n) is 3.52. The Labute approximate surface area is 92.9 Å². The Balaban J connectivity index is 2.41. The molecule has 0 bridgehead atoms. The number of nitrogens with one attached hydrogen (secondary N) is 1. The summed E-state index contributed by atoms with van der Waals surface area (Å²) in [5, 5.41) is 4.11. The van der Waals surface area contributed by atoms with Gasteiger partial charge in [0.15, 0.2) is 5.78 Å². The van der Waals surface area contributed by atoms with Crippen LogP contribution in [-0.4, -0.2) is 18.9 Å². The number of rotatable bonds is 3. The zero-order valence-electron chi connectivity index (χ0n) is 8.78. The molecule has 2 nitrogen and oxygen atoms in total. The van der Waals surface area contributed by atoms with Crippen molar-refractivity contribution in [1.82, 2.24) is 5.32 Å². The maximum Gasteiger partial charge on any atom is 0.189 e. The molecule has 1 unspecified atom stereocenters. The first-order valence-corrected chi connectivity index (χ1v) is 5.74. The maximum absolute atomic E-state index is 11.9. The fraction of sp³-hybridized carbons (Fsp3) is 0.250. The third-order valence-electron chi connectivity index (χ3n) is 2.49. The fourth-order valence-electron chi connectivity index (χ4n) is 1.45. The van der Waals surface area contributed by atoms with Crippen LogP contribution in [0.3, 0.4) is 0 Å². The van der Waals surface area contributed by atoms with E-state index in [-0.39, 0.29) is 11.8 Å². The molecule has 15 heavy (non-hydrogen) atoms. The van der Waals surface area contributed by atoms with Gasteiger partial charge in [0.2, 0.25) is 0 Å². The van der Waals surface area contributed by atoms with Crippen LogP contribution in [0.2, 0.25) is 0 Å². The highest BCUT2D eigenvalue weighted by Crippen LogP contribution is 2.26. The number of hydrogen-bond acceptors (Lipinski definition) is 3. The number of hydrogen-bond donors (Lipinski definition) is 1. The van der Waals surface area contributed by atoms with Crippen molar-refractivity contribution in [3.05, 3.63) is 35.2 Å². The molecule has 78 valence electrons. The van der Waals surface area contributed by atoms with E-state index in [2.05, 4.69) is 5.32 Å². The molecular weight excluding hydrogens is 206 g/mol. The van der Waals surface area contributed by atoms with E-state index in [0.717, 1.165) is 10.3 Å². The Bertz CT molecular complexity index is 456. The number of likely N-dealkylation sites (N-methyl/N-ethyl adjacent to an activating group) is 1. The van der Waals surface area contributed by atoms with Crippen molar-refractivity contribution in [2.75, 3.05) is 7.05 Å². The van der Waals surface area contributed by atoms with Gasteiger partial charge in [-0.3, -0.25) is 4.79 Å². The van der Waals surface area contributed by atoms with E-state index >= 15 is 0 Å². The SMILES string of the molecule is CNC(C)C(=O)c1cc2ccccc2s1. The summed E-state index contributed by atoms with van der Waals surface area (Å²) >= 11 is 1.56. The van der Waals surface area contributed by atoms with Crippen molar-refractivity contribution >= 4 is 27.2 Å². The molecule has 0 saturated carbocycles. The molecule has 0 amide bonds. The number of carbonyl (C=O) groups excluding carboxylic acids is 1. The summed E-state index contributed by atoms with van der Waals surface area (Å²) in [5.74, 6) is 0.165. The van der Waals surface area contributed by atoms with E-state index in [4.69, 9.17) is 0 Å². The highest BCUT2D eigenvalue weighted by molar-refractivity contribution is 7.20. The second kappa shape index (κ2) is 4.13. The minimum absolute atomic E-state index is 0.113. The quantitative estimate of drug-likeness (QED) is 0.804. The summed E-state index contributed by atoms with van der Waals surface area (Å²) in [6.07, 6.45) is 0. The fourth-order valence-corrected chi connectivity index (χ4v) is 2.54. The molecule has 0 aliphatic carbocycles. The van der Waals surface area contributed by atoms with E-state index in [1.54, 1.807) is 18.4 Å². The van der Waals surface area contributed by atoms with Crippen LogP contribution in [0.5, 0.6) is 0 Å². The molecule has 2 aromatic rings. The minimum atomic E-state index is -0.113. The van der Waals surface area contributed by atoms with E-state index in [0.29, 0.717) is 0 Å². The summed E-state index contributed by atoms with van der Waals surface area (Å²) in [6, 6.07) is 9.92. The third-order valence-corrected chi connectivity index (χ3v) is 3.63. The Morgan fingerprint density at radius 2 is 2.13 bits per heavy atom. The Hall–Kier alpha value is -1.19. The average molecular weight is 219 g/mol. The highest BCUT2D eigenvalue weighted by Gasteiger charge is 2.15. The van der Waals surface area contributed by atoms with Gasteiger partial charge >= 0.3 is 0 Å². The number of thiophene rings is 1. The van der Waals surface area contributed by atoms with Crippen molar-refractivity contribution in [3.8, 4) is 0 Å². The first-order chi connectivity index (χ1) is 7.22. The van der Waals surface area contributed by atoms with Crippen molar-refractivity contribution in [2.45, 2.75) is 13.0 Å². The van der Waals surface area contributed by atoms with Gasteiger partial charge in [-0.05, 0) is 31.5 Å². The lowest BCUT2D eigenvalue weighted by atomic mass is 10.1. The van der Waals surface area contributed by atoms with Crippen molar-refractivity contribution in [1.29, 1.82) is 0 Å². The van der Waals surface area contributed by atoms with E-state index in [1.165, 1.54) is 4.70 Å². The largest absolute Gasteiger partial charge is 0.310 e. The smallest absolute Gasteiger partial charge is 0.189 e. The highest BCUT2D eigenvalue weighted by atomic mass is 32.1. The summed E-state index contributed by atoms with van der Waals surface area (Å²) in [5.41, 5.74) is 0.